The Kier molecular flexibility index (Phi) is 6.98. The lowest BCUT2D eigenvalue weighted by molar-refractivity contribution is 0.405. The van der Waals surface area contributed by atoms with Crippen LogP contribution in [-0.2, 0) is 0 Å². The van der Waals surface area contributed by atoms with E-state index in [4.69, 9.17) is 9.97 Å². The molecule has 0 aliphatic rings. The lowest BCUT2D eigenvalue weighted by Crippen LogP contribution is -2.20. The average Bonchev–Trinajstić information content (AvgIpc) is 2.73. The van der Waals surface area contributed by atoms with Crippen molar-refractivity contribution >= 4 is 17.5 Å². The van der Waals surface area contributed by atoms with Crippen LogP contribution in [0.2, 0.25) is 0 Å². The van der Waals surface area contributed by atoms with E-state index in [2.05, 4.69) is 78.6 Å². The predicted molar refractivity (Wildman–Crippen MR) is 118 cm³/mol. The van der Waals surface area contributed by atoms with E-state index < -0.39 is 0 Å². The van der Waals surface area contributed by atoms with Crippen molar-refractivity contribution in [3.8, 4) is 11.3 Å². The third kappa shape index (κ3) is 5.30. The number of benzene rings is 2. The zero-order valence-corrected chi connectivity index (χ0v) is 17.0. The summed E-state index contributed by atoms with van der Waals surface area (Å²) in [6.45, 7) is 4.84. The number of aromatic nitrogens is 2. The number of hydrogen-bond donors (Lipinski definition) is 1. The SMILES string of the molecule is CCN(c1ccccc1)c1cc(-c2ccccc2)nc(NCCCN(C)C)n1. The Morgan fingerprint density at radius 1 is 0.893 bits per heavy atom. The fraction of sp³-hybridized carbons (Fsp3) is 0.304. The van der Waals surface area contributed by atoms with Crippen molar-refractivity contribution in [2.75, 3.05) is 43.9 Å². The van der Waals surface area contributed by atoms with Crippen LogP contribution in [0.4, 0.5) is 17.5 Å². The van der Waals surface area contributed by atoms with E-state index in [1.807, 2.05) is 24.3 Å². The number of hydrogen-bond acceptors (Lipinski definition) is 5. The van der Waals surface area contributed by atoms with E-state index in [-0.39, 0.29) is 0 Å². The van der Waals surface area contributed by atoms with Gasteiger partial charge in [-0.2, -0.15) is 4.98 Å². The van der Waals surface area contributed by atoms with Gasteiger partial charge in [-0.25, -0.2) is 4.98 Å². The number of nitrogens with zero attached hydrogens (tertiary/aromatic N) is 4. The van der Waals surface area contributed by atoms with Gasteiger partial charge in [-0.05, 0) is 46.1 Å². The molecule has 0 saturated heterocycles. The summed E-state index contributed by atoms with van der Waals surface area (Å²) in [7, 11) is 4.17. The Labute approximate surface area is 168 Å². The summed E-state index contributed by atoms with van der Waals surface area (Å²) in [5.41, 5.74) is 3.14. The average molecular weight is 376 g/mol. The van der Waals surface area contributed by atoms with Crippen LogP contribution in [0.5, 0.6) is 0 Å². The molecule has 3 aromatic rings. The summed E-state index contributed by atoms with van der Waals surface area (Å²) in [4.78, 5) is 14.0. The smallest absolute Gasteiger partial charge is 0.225 e. The van der Waals surface area contributed by atoms with Crippen LogP contribution in [0.3, 0.4) is 0 Å². The van der Waals surface area contributed by atoms with Gasteiger partial charge < -0.3 is 15.1 Å². The highest BCUT2D eigenvalue weighted by atomic mass is 15.2. The molecule has 0 saturated carbocycles. The molecule has 28 heavy (non-hydrogen) atoms. The van der Waals surface area contributed by atoms with E-state index in [9.17, 15) is 0 Å². The first-order valence-electron chi connectivity index (χ1n) is 9.83. The van der Waals surface area contributed by atoms with Crippen molar-refractivity contribution in [2.45, 2.75) is 13.3 Å². The molecule has 0 unspecified atom stereocenters. The molecule has 0 bridgehead atoms. The van der Waals surface area contributed by atoms with Crippen LogP contribution in [-0.4, -0.2) is 48.6 Å². The zero-order valence-electron chi connectivity index (χ0n) is 17.0. The summed E-state index contributed by atoms with van der Waals surface area (Å²) in [5.74, 6) is 1.57. The fourth-order valence-corrected chi connectivity index (χ4v) is 3.09. The Bertz CT molecular complexity index is 849. The maximum absolute atomic E-state index is 4.81. The second kappa shape index (κ2) is 9.85. The minimum atomic E-state index is 0.671. The highest BCUT2D eigenvalue weighted by Gasteiger charge is 2.13. The largest absolute Gasteiger partial charge is 0.354 e. The number of nitrogens with one attached hydrogen (secondary N) is 1. The first-order chi connectivity index (χ1) is 13.7. The summed E-state index contributed by atoms with van der Waals surface area (Å²) in [6, 6.07) is 22.7. The molecule has 1 heterocycles. The van der Waals surface area contributed by atoms with Crippen molar-refractivity contribution in [3.63, 3.8) is 0 Å². The molecule has 0 fully saturated rings. The summed E-state index contributed by atoms with van der Waals surface area (Å²) in [5, 5.41) is 3.41. The van der Waals surface area contributed by atoms with Crippen LogP contribution in [0, 0.1) is 0 Å². The molecule has 0 aliphatic carbocycles. The maximum atomic E-state index is 4.81. The van der Waals surface area contributed by atoms with Gasteiger partial charge in [0, 0.05) is 30.4 Å². The van der Waals surface area contributed by atoms with E-state index >= 15 is 0 Å². The number of rotatable bonds is 9. The Morgan fingerprint density at radius 3 is 2.21 bits per heavy atom. The van der Waals surface area contributed by atoms with Gasteiger partial charge in [-0.3, -0.25) is 0 Å². The molecule has 0 spiro atoms. The predicted octanol–water partition coefficient (Wildman–Crippen LogP) is 4.67. The molecule has 0 aliphatic heterocycles. The second-order valence-corrected chi connectivity index (χ2v) is 6.96. The molecule has 5 nitrogen and oxygen atoms in total. The molecule has 0 radical (unpaired) electrons. The van der Waals surface area contributed by atoms with Gasteiger partial charge in [-0.15, -0.1) is 0 Å². The summed E-state index contributed by atoms with van der Waals surface area (Å²) < 4.78 is 0. The van der Waals surface area contributed by atoms with Gasteiger partial charge in [0.2, 0.25) is 5.95 Å². The molecular weight excluding hydrogens is 346 g/mol. The topological polar surface area (TPSA) is 44.3 Å². The molecule has 1 N–H and O–H groups in total. The van der Waals surface area contributed by atoms with Crippen LogP contribution in [0.15, 0.2) is 66.7 Å². The normalized spacial score (nSPS) is 10.9. The first kappa shape index (κ1) is 19.8. The van der Waals surface area contributed by atoms with E-state index in [0.717, 1.165) is 48.8 Å². The Hall–Kier alpha value is -2.92. The minimum absolute atomic E-state index is 0.671. The summed E-state index contributed by atoms with van der Waals surface area (Å²) >= 11 is 0. The molecular formula is C23H29N5. The van der Waals surface area contributed by atoms with Gasteiger partial charge in [0.1, 0.15) is 5.82 Å². The van der Waals surface area contributed by atoms with Gasteiger partial charge in [0.05, 0.1) is 5.69 Å². The zero-order chi connectivity index (χ0) is 19.8. The highest BCUT2D eigenvalue weighted by Crippen LogP contribution is 2.28. The third-order valence-electron chi connectivity index (χ3n) is 4.51. The molecule has 2 aromatic carbocycles. The first-order valence-corrected chi connectivity index (χ1v) is 9.83. The van der Waals surface area contributed by atoms with Crippen LogP contribution >= 0.6 is 0 Å². The van der Waals surface area contributed by atoms with Crippen molar-refractivity contribution in [2.24, 2.45) is 0 Å². The van der Waals surface area contributed by atoms with Gasteiger partial charge in [0.25, 0.3) is 0 Å². The van der Waals surface area contributed by atoms with Gasteiger partial charge in [-0.1, -0.05) is 48.5 Å². The Balaban J connectivity index is 1.92. The lowest BCUT2D eigenvalue weighted by atomic mass is 10.1. The maximum Gasteiger partial charge on any atom is 0.225 e. The molecule has 5 heteroatoms. The quantitative estimate of drug-likeness (QED) is 0.551. The second-order valence-electron chi connectivity index (χ2n) is 6.96. The van der Waals surface area contributed by atoms with Crippen LogP contribution in [0.1, 0.15) is 13.3 Å². The number of anilines is 3. The third-order valence-corrected chi connectivity index (χ3v) is 4.51. The van der Waals surface area contributed by atoms with Crippen molar-refractivity contribution in [1.29, 1.82) is 0 Å². The van der Waals surface area contributed by atoms with Gasteiger partial charge >= 0.3 is 0 Å². The molecule has 1 aromatic heterocycles. The molecule has 0 amide bonds. The summed E-state index contributed by atoms with van der Waals surface area (Å²) in [6.07, 6.45) is 1.04. The molecule has 146 valence electrons. The van der Waals surface area contributed by atoms with Crippen LogP contribution < -0.4 is 10.2 Å². The lowest BCUT2D eigenvalue weighted by Gasteiger charge is -2.23. The highest BCUT2D eigenvalue weighted by molar-refractivity contribution is 5.68. The van der Waals surface area contributed by atoms with E-state index in [0.29, 0.717) is 5.95 Å². The Morgan fingerprint density at radius 2 is 1.57 bits per heavy atom. The van der Waals surface area contributed by atoms with E-state index in [1.54, 1.807) is 0 Å². The monoisotopic (exact) mass is 375 g/mol. The minimum Gasteiger partial charge on any atom is -0.354 e. The number of para-hydroxylation sites is 1. The van der Waals surface area contributed by atoms with Crippen molar-refractivity contribution in [1.82, 2.24) is 14.9 Å². The van der Waals surface area contributed by atoms with Crippen molar-refractivity contribution < 1.29 is 0 Å². The van der Waals surface area contributed by atoms with Crippen molar-refractivity contribution in [3.05, 3.63) is 66.7 Å². The molecule has 3 rings (SSSR count). The molecule has 0 atom stereocenters. The van der Waals surface area contributed by atoms with Gasteiger partial charge in [0.15, 0.2) is 0 Å². The standard InChI is InChI=1S/C23H29N5/c1-4-28(20-14-9-6-10-15-20)22-18-21(19-12-7-5-8-13-19)25-23(26-22)24-16-11-17-27(2)3/h5-10,12-15,18H,4,11,16-17H2,1-3H3,(H,24,25,26). The fourth-order valence-electron chi connectivity index (χ4n) is 3.09. The van der Waals surface area contributed by atoms with E-state index in [1.165, 1.54) is 0 Å². The van der Waals surface area contributed by atoms with Crippen LogP contribution in [0.25, 0.3) is 11.3 Å².